The molecule has 10 heteroatoms. The highest BCUT2D eigenvalue weighted by Gasteiger charge is 2.31. The minimum Gasteiger partial charge on any atom is -0.313 e. The summed E-state index contributed by atoms with van der Waals surface area (Å²) in [4.78, 5) is 38.4. The summed E-state index contributed by atoms with van der Waals surface area (Å²) in [5.41, 5.74) is 0.241. The van der Waals surface area contributed by atoms with E-state index in [2.05, 4.69) is 5.16 Å². The molecule has 3 rings (SSSR count). The van der Waals surface area contributed by atoms with Gasteiger partial charge < -0.3 is 4.84 Å². The molecule has 0 heterocycles. The number of carbonyl (C=O) groups is 1. The number of nitrogens with zero attached hydrogens (tertiary/aromatic N) is 3. The molecule has 0 N–H and O–H groups in total. The Bertz CT molecular complexity index is 1010. The molecule has 0 aromatic heterocycles. The molecule has 1 fully saturated rings. The highest BCUT2D eigenvalue weighted by molar-refractivity contribution is 6.33. The van der Waals surface area contributed by atoms with Crippen molar-refractivity contribution in [3.8, 4) is 0 Å². The zero-order chi connectivity index (χ0) is 21.0. The van der Waals surface area contributed by atoms with Crippen molar-refractivity contribution in [2.24, 2.45) is 5.16 Å². The lowest BCUT2D eigenvalue weighted by Gasteiger charge is -2.23. The zero-order valence-electron chi connectivity index (χ0n) is 15.1. The molecule has 1 aliphatic carbocycles. The number of non-ortho nitro benzene ring substituents is 1. The van der Waals surface area contributed by atoms with Crippen molar-refractivity contribution in [1.29, 1.82) is 0 Å². The van der Waals surface area contributed by atoms with Gasteiger partial charge in [0.05, 0.1) is 32.2 Å². The number of halogens is 1. The lowest BCUT2D eigenvalue weighted by atomic mass is 9.81. The van der Waals surface area contributed by atoms with Crippen molar-refractivity contribution in [3.05, 3.63) is 78.8 Å². The van der Waals surface area contributed by atoms with Gasteiger partial charge in [0, 0.05) is 17.5 Å². The Morgan fingerprint density at radius 3 is 2.55 bits per heavy atom. The molecule has 1 unspecified atom stereocenters. The topological polar surface area (TPSA) is 125 Å². The number of hydrogen-bond acceptors (Lipinski definition) is 7. The Balaban J connectivity index is 1.91. The van der Waals surface area contributed by atoms with Gasteiger partial charge in [-0.3, -0.25) is 20.2 Å². The van der Waals surface area contributed by atoms with Crippen molar-refractivity contribution in [3.63, 3.8) is 0 Å². The lowest BCUT2D eigenvalue weighted by molar-refractivity contribution is -0.394. The van der Waals surface area contributed by atoms with Crippen LogP contribution in [0.3, 0.4) is 0 Å². The highest BCUT2D eigenvalue weighted by Crippen LogP contribution is 2.37. The van der Waals surface area contributed by atoms with E-state index < -0.39 is 21.7 Å². The molecule has 0 bridgehead atoms. The molecule has 150 valence electrons. The van der Waals surface area contributed by atoms with Crippen LogP contribution in [0.2, 0.25) is 5.02 Å². The molecule has 2 aromatic rings. The second-order valence-electron chi connectivity index (χ2n) is 6.50. The van der Waals surface area contributed by atoms with E-state index in [1.54, 1.807) is 18.2 Å². The molecule has 1 saturated carbocycles. The monoisotopic (exact) mass is 417 g/mol. The van der Waals surface area contributed by atoms with Crippen LogP contribution in [-0.2, 0) is 4.84 Å². The molecular weight excluding hydrogens is 402 g/mol. The molecule has 29 heavy (non-hydrogen) atoms. The minimum atomic E-state index is -0.731. The third-order valence-corrected chi connectivity index (χ3v) is 5.04. The normalized spacial score (nSPS) is 17.7. The van der Waals surface area contributed by atoms with Crippen molar-refractivity contribution < 1.29 is 19.5 Å². The molecule has 0 aliphatic heterocycles. The number of carbonyl (C=O) groups excluding carboxylic acids is 1. The third-order valence-electron chi connectivity index (χ3n) is 4.71. The van der Waals surface area contributed by atoms with Crippen molar-refractivity contribution in [2.45, 2.75) is 31.6 Å². The average Bonchev–Trinajstić information content (AvgIpc) is 2.72. The van der Waals surface area contributed by atoms with Gasteiger partial charge >= 0.3 is 5.97 Å². The second kappa shape index (κ2) is 8.78. The van der Waals surface area contributed by atoms with Gasteiger partial charge in [-0.1, -0.05) is 35.3 Å². The molecule has 1 atom stereocenters. The van der Waals surface area contributed by atoms with Crippen LogP contribution in [-0.4, -0.2) is 21.5 Å². The van der Waals surface area contributed by atoms with Gasteiger partial charge in [-0.25, -0.2) is 4.79 Å². The summed E-state index contributed by atoms with van der Waals surface area (Å²) < 4.78 is 0. The Kier molecular flexibility index (Phi) is 6.18. The van der Waals surface area contributed by atoms with Crippen LogP contribution in [0.15, 0.2) is 47.6 Å². The van der Waals surface area contributed by atoms with Gasteiger partial charge in [0.25, 0.3) is 11.4 Å². The Morgan fingerprint density at radius 1 is 1.10 bits per heavy atom. The van der Waals surface area contributed by atoms with Crippen LogP contribution in [0, 0.1) is 20.2 Å². The number of nitro benzene ring substituents is 2. The summed E-state index contributed by atoms with van der Waals surface area (Å²) in [6, 6.07) is 9.91. The molecule has 9 nitrogen and oxygen atoms in total. The van der Waals surface area contributed by atoms with Crippen molar-refractivity contribution in [2.75, 3.05) is 0 Å². The maximum Gasteiger partial charge on any atom is 0.367 e. The summed E-state index contributed by atoms with van der Waals surface area (Å²) in [7, 11) is 0. The predicted octanol–water partition coefficient (Wildman–Crippen LogP) is 5.03. The first-order valence-corrected chi connectivity index (χ1v) is 9.21. The maximum atomic E-state index is 12.2. The number of rotatable bonds is 5. The molecule has 1 aliphatic rings. The van der Waals surface area contributed by atoms with Crippen molar-refractivity contribution >= 4 is 34.7 Å². The van der Waals surface area contributed by atoms with Crippen LogP contribution in [0.5, 0.6) is 0 Å². The van der Waals surface area contributed by atoms with E-state index in [0.29, 0.717) is 24.1 Å². The summed E-state index contributed by atoms with van der Waals surface area (Å²) >= 11 is 5.98. The predicted molar refractivity (Wildman–Crippen MR) is 105 cm³/mol. The number of hydrogen-bond donors (Lipinski definition) is 0. The van der Waals surface area contributed by atoms with Crippen LogP contribution in [0.25, 0.3) is 0 Å². The van der Waals surface area contributed by atoms with Gasteiger partial charge in [-0.15, -0.1) is 0 Å². The summed E-state index contributed by atoms with van der Waals surface area (Å²) in [6.45, 7) is 0. The Hall–Kier alpha value is -3.33. The summed E-state index contributed by atoms with van der Waals surface area (Å²) in [6.07, 6.45) is 2.64. The number of nitro groups is 2. The van der Waals surface area contributed by atoms with E-state index in [4.69, 9.17) is 16.4 Å². The van der Waals surface area contributed by atoms with Gasteiger partial charge in [0.15, 0.2) is 0 Å². The van der Waals surface area contributed by atoms with Gasteiger partial charge in [-0.05, 0) is 37.5 Å². The van der Waals surface area contributed by atoms with Crippen LogP contribution in [0.4, 0.5) is 11.4 Å². The third kappa shape index (κ3) is 4.57. The molecule has 0 radical (unpaired) electrons. The highest BCUT2D eigenvalue weighted by atomic mass is 35.5. The first kappa shape index (κ1) is 20.4. The number of oxime groups is 1. The summed E-state index contributed by atoms with van der Waals surface area (Å²) in [5.74, 6) is -1.20. The Labute approximate surface area is 170 Å². The van der Waals surface area contributed by atoms with Gasteiger partial charge in [-0.2, -0.15) is 0 Å². The molecule has 0 amide bonds. The quantitative estimate of drug-likeness (QED) is 0.381. The molecule has 2 aromatic carbocycles. The Morgan fingerprint density at radius 2 is 1.86 bits per heavy atom. The van der Waals surface area contributed by atoms with Crippen LogP contribution < -0.4 is 0 Å². The fourth-order valence-electron chi connectivity index (χ4n) is 3.31. The van der Waals surface area contributed by atoms with E-state index in [1.807, 2.05) is 0 Å². The van der Waals surface area contributed by atoms with E-state index >= 15 is 0 Å². The fourth-order valence-corrected chi connectivity index (χ4v) is 3.53. The number of benzene rings is 2. The standard InChI is InChI=1S/C19H16ClN3O6/c20-16-7-3-1-6-15(16)19(24)29-21-17-8-4-2-5-13(17)14-10-9-12(22(25)26)11-18(14)23(27)28/h1,3,6-7,9-11,13H,2,4-5,8H2/b21-17-. The van der Waals surface area contributed by atoms with Gasteiger partial charge in [0.2, 0.25) is 0 Å². The van der Waals surface area contributed by atoms with E-state index in [1.165, 1.54) is 18.2 Å². The van der Waals surface area contributed by atoms with E-state index in [0.717, 1.165) is 18.9 Å². The fraction of sp³-hybridized carbons (Fsp3) is 0.263. The van der Waals surface area contributed by atoms with Gasteiger partial charge in [0.1, 0.15) is 0 Å². The van der Waals surface area contributed by atoms with E-state index in [-0.39, 0.29) is 22.0 Å². The first-order chi connectivity index (χ1) is 13.9. The lowest BCUT2D eigenvalue weighted by Crippen LogP contribution is -2.20. The largest absolute Gasteiger partial charge is 0.367 e. The summed E-state index contributed by atoms with van der Waals surface area (Å²) in [5, 5.41) is 26.6. The first-order valence-electron chi connectivity index (χ1n) is 8.84. The van der Waals surface area contributed by atoms with Crippen molar-refractivity contribution in [1.82, 2.24) is 0 Å². The molecule has 0 saturated heterocycles. The van der Waals surface area contributed by atoms with E-state index in [9.17, 15) is 25.0 Å². The molecule has 0 spiro atoms. The minimum absolute atomic E-state index is 0.159. The zero-order valence-corrected chi connectivity index (χ0v) is 15.9. The smallest absolute Gasteiger partial charge is 0.313 e. The second-order valence-corrected chi connectivity index (χ2v) is 6.90. The average molecular weight is 418 g/mol. The van der Waals surface area contributed by atoms with Crippen LogP contribution >= 0.6 is 11.6 Å². The maximum absolute atomic E-state index is 12.2. The SMILES string of the molecule is O=C(O/N=C1/CCCCC1c1ccc([N+](=O)[O-])cc1[N+](=O)[O-])c1ccccc1Cl. The van der Waals surface area contributed by atoms with Crippen LogP contribution in [0.1, 0.15) is 47.5 Å². The molecular formula is C19H16ClN3O6.